The number of likely N-dealkylation sites (tertiary alicyclic amines) is 2. The zero-order valence-corrected chi connectivity index (χ0v) is 96.5. The SMILES string of the molecule is C.CCC(C)(C)C(=O)O.CC[C@H](C)[C@@H]([C@@H](CC(=O)N1CCC[C@H]1[C@H](OC)[C@@H](C)C(=S)N[C@@H](Cc1ccccc1)C(=O)OC)OC)N(C)C(=O)[C@@H](C)C(C)C.CC[C@H](C)[C@@H]([C@@H](CC(=O)N1CCC[C@H]1[C@H](OC)[C@@H](C)C(=S)N[C@@H](Cc1ccccc1)C(=O)OC)OC)N(C)C(=O)[C@@H](N)C(C)C.CC[C@H](C)[C@@H]([C@@H](CC(=O)O)OC)N(C)C(=O)[C@@H](C)C(C)C.COC(=O)[C@H](Cc1ccccc1)NC(=S)[C@H](C)[C@@H](OC)[C@@H]1CCCN1.Cl. The number of esters is 3. The van der Waals surface area contributed by atoms with Crippen LogP contribution in [-0.2, 0) is 110 Å². The predicted molar refractivity (Wildman–Crippen MR) is 594 cm³/mol. The average molecular weight is 2130 g/mol. The summed E-state index contributed by atoms with van der Waals surface area (Å²) in [4.78, 5) is 136. The van der Waals surface area contributed by atoms with Crippen LogP contribution in [0.25, 0.3) is 0 Å². The standard InChI is InChI=1S/C35H57N3O6S.C34H56N4O6S.C19H28N2O3S.C16H31NO4.C6H12O2.CH4.ClH/c1-11-23(4)31(37(7)34(40)24(5)22(2)3)29(42-8)21-30(39)38-19-15-18-28(38)32(43-9)25(6)33(45)36-27(35(41)44-10)20-26-16-13-12-14-17-26;1-10-22(4)30(37(6)33(40)29(35)21(2)3)27(42-7)20-28(39)38-18-14-17-26(38)31(43-8)23(5)32(45)36-25(34(41)44-9)19-24-15-12-11-13-16-24;1-13(17(23-2)15-10-7-11-20-15)18(25)21-16(19(22)24-3)12-14-8-5-4-6-9-14;1-8-11(4)15(13(21-7)9-14(18)19)17(6)16(20)12(5)10(2)3;1-4-6(2,3)5(7)8;;/h12-14,16-17,22-25,27-29,31-32H,11,15,18-21H2,1-10H3,(H,36,45);11-13,15-16,21-23,25-27,29-31H,10,14,17-20,35H2,1-9H3,(H,36,45);4-6,8-9,13,15-17,20H,7,10-12H2,1-3H3,(H,21,25);10-13,15H,8-9H2,1-7H3,(H,18,19);4H2,1-3H3,(H,7,8);1H4;1H/t23-,24-,25+,27-,28-,29+,31-,32+;22-,23+,25-,26-,27+,29-,30-,31+;13-,15+,16+,17-;11-,12-,13+,15-;;;/m0010.../s1. The quantitative estimate of drug-likeness (QED) is 0.0157. The molecule has 146 heavy (non-hydrogen) atoms. The lowest BCUT2D eigenvalue weighted by atomic mass is 9.88. The van der Waals surface area contributed by atoms with Crippen LogP contribution in [0.4, 0.5) is 0 Å². The molecule has 0 radical (unpaired) electrons. The highest BCUT2D eigenvalue weighted by Crippen LogP contribution is 2.35. The number of carboxylic acids is 2. The molecular weight excluding hydrogens is 1940 g/mol. The summed E-state index contributed by atoms with van der Waals surface area (Å²) in [7, 11) is 19.2. The molecule has 0 spiro atoms. The Kier molecular flexibility index (Phi) is 67.1. The number of carbonyl (C=O) groups excluding carboxylic acids is 8. The molecule has 3 aromatic carbocycles. The molecule has 3 saturated heterocycles. The maximum absolute atomic E-state index is 14.0. The molecule has 3 heterocycles. The molecule has 35 heteroatoms. The van der Waals surface area contributed by atoms with Gasteiger partial charge in [0, 0.05) is 132 Å². The van der Waals surface area contributed by atoms with E-state index in [0.29, 0.717) is 59.8 Å². The Balaban J connectivity index is 0.00000194. The third-order valence-corrected chi connectivity index (χ3v) is 31.2. The minimum absolute atomic E-state index is 0. The molecule has 3 aliphatic heterocycles. The number of benzene rings is 3. The van der Waals surface area contributed by atoms with Crippen molar-refractivity contribution in [3.63, 3.8) is 0 Å². The Bertz CT molecular complexity index is 4170. The minimum Gasteiger partial charge on any atom is -0.481 e. The normalized spacial score (nSPS) is 18.7. The van der Waals surface area contributed by atoms with E-state index in [4.69, 9.17) is 95.2 Å². The van der Waals surface area contributed by atoms with Crippen LogP contribution in [0.3, 0.4) is 0 Å². The van der Waals surface area contributed by atoms with Crippen LogP contribution in [0.2, 0.25) is 0 Å². The van der Waals surface area contributed by atoms with Gasteiger partial charge >= 0.3 is 29.8 Å². The molecule has 5 amide bonds. The van der Waals surface area contributed by atoms with E-state index in [2.05, 4.69) is 49.0 Å². The molecule has 0 bridgehead atoms. The van der Waals surface area contributed by atoms with Crippen molar-refractivity contribution in [3.8, 4) is 0 Å². The van der Waals surface area contributed by atoms with E-state index in [9.17, 15) is 47.9 Å². The van der Waals surface area contributed by atoms with Crippen LogP contribution in [0.5, 0.6) is 0 Å². The molecule has 3 fully saturated rings. The summed E-state index contributed by atoms with van der Waals surface area (Å²) in [5.41, 5.74) is 8.72. The fourth-order valence-electron chi connectivity index (χ4n) is 18.7. The Morgan fingerprint density at radius 1 is 0.432 bits per heavy atom. The van der Waals surface area contributed by atoms with Crippen molar-refractivity contribution < 1.29 is 101 Å². The largest absolute Gasteiger partial charge is 0.481 e. The number of amides is 5. The summed E-state index contributed by atoms with van der Waals surface area (Å²) in [6, 6.07) is 25.9. The lowest BCUT2D eigenvalue weighted by Gasteiger charge is -2.40. The second-order valence-electron chi connectivity index (χ2n) is 40.8. The minimum atomic E-state index is -0.909. The Morgan fingerprint density at radius 3 is 0.959 bits per heavy atom. The highest BCUT2D eigenvalue weighted by Gasteiger charge is 2.47. The number of rotatable bonds is 53. The van der Waals surface area contributed by atoms with Crippen molar-refractivity contribution in [3.05, 3.63) is 108 Å². The number of thiocarbonyl (C=S) groups is 3. The lowest BCUT2D eigenvalue weighted by Crippen LogP contribution is -2.56. The van der Waals surface area contributed by atoms with Crippen LogP contribution in [0.1, 0.15) is 246 Å². The van der Waals surface area contributed by atoms with Crippen LogP contribution < -0.4 is 27.0 Å². The predicted octanol–water partition coefficient (Wildman–Crippen LogP) is 15.8. The van der Waals surface area contributed by atoms with Gasteiger partial charge in [-0.2, -0.15) is 0 Å². The second-order valence-corrected chi connectivity index (χ2v) is 42.1. The Hall–Kier alpha value is -8.00. The zero-order chi connectivity index (χ0) is 109. The fourth-order valence-corrected chi connectivity index (χ4v) is 19.6. The molecule has 0 saturated carbocycles. The third kappa shape index (κ3) is 43.0. The van der Waals surface area contributed by atoms with Gasteiger partial charge < -0.3 is 104 Å². The van der Waals surface area contributed by atoms with Gasteiger partial charge in [-0.05, 0) is 118 Å². The van der Waals surface area contributed by atoms with Gasteiger partial charge in [0.1, 0.15) is 18.1 Å². The van der Waals surface area contributed by atoms with E-state index in [1.165, 1.54) is 28.4 Å². The van der Waals surface area contributed by atoms with Gasteiger partial charge in [-0.15, -0.1) is 12.4 Å². The van der Waals surface area contributed by atoms with Crippen molar-refractivity contribution in [2.24, 2.45) is 76.2 Å². The first-order valence-corrected chi connectivity index (χ1v) is 52.9. The van der Waals surface area contributed by atoms with Gasteiger partial charge in [0.25, 0.3) is 0 Å². The number of aliphatic carboxylic acids is 2. The average Bonchev–Trinajstić information content (AvgIpc) is 1.76. The topological polar surface area (TPSA) is 385 Å². The van der Waals surface area contributed by atoms with Crippen LogP contribution in [-0.4, -0.2) is 311 Å². The Morgan fingerprint density at radius 2 is 0.726 bits per heavy atom. The maximum atomic E-state index is 14.0. The molecule has 31 nitrogen and oxygen atoms in total. The molecule has 3 aliphatic rings. The van der Waals surface area contributed by atoms with Gasteiger partial charge in [-0.25, -0.2) is 14.4 Å². The molecule has 0 aliphatic carbocycles. The van der Waals surface area contributed by atoms with Gasteiger partial charge in [0.15, 0.2) is 0 Å². The monoisotopic (exact) mass is 2130 g/mol. The number of ether oxygens (including phenoxy) is 9. The van der Waals surface area contributed by atoms with Gasteiger partial charge in [0.2, 0.25) is 29.5 Å². The number of nitrogens with two attached hydrogens (primary N) is 1. The zero-order valence-electron chi connectivity index (χ0n) is 93.3. The van der Waals surface area contributed by atoms with Crippen molar-refractivity contribution in [1.82, 2.24) is 45.8 Å². The summed E-state index contributed by atoms with van der Waals surface area (Å²) in [6.45, 7) is 41.7. The number of methoxy groups -OCH3 is 9. The van der Waals surface area contributed by atoms with E-state index in [0.717, 1.165) is 81.0 Å². The third-order valence-electron chi connectivity index (χ3n) is 29.8. The summed E-state index contributed by atoms with van der Waals surface area (Å²) in [6.07, 6.45) is 7.93. The summed E-state index contributed by atoms with van der Waals surface area (Å²) < 4.78 is 50.1. The molecule has 834 valence electrons. The molecule has 0 aromatic heterocycles. The van der Waals surface area contributed by atoms with E-state index < -0.39 is 77.9 Å². The van der Waals surface area contributed by atoms with E-state index in [1.54, 1.807) is 78.2 Å². The smallest absolute Gasteiger partial charge is 0.328 e. The summed E-state index contributed by atoms with van der Waals surface area (Å²) >= 11 is 17.2. The molecule has 3 aromatic rings. The van der Waals surface area contributed by atoms with Gasteiger partial charge in [-0.3, -0.25) is 33.6 Å². The number of hydrogen-bond acceptors (Lipinski definition) is 24. The van der Waals surface area contributed by atoms with E-state index in [1.807, 2.05) is 205 Å². The fraction of sp³-hybridized carbons (Fsp3) is 0.721. The summed E-state index contributed by atoms with van der Waals surface area (Å²) in [5.74, 6) is -2.85. The number of halogens is 1. The Labute approximate surface area is 898 Å². The number of nitrogens with zero attached hydrogens (tertiary/aromatic N) is 5. The first-order chi connectivity index (χ1) is 67.9. The molecule has 24 atom stereocenters. The van der Waals surface area contributed by atoms with Crippen molar-refractivity contribution in [1.29, 1.82) is 0 Å². The van der Waals surface area contributed by atoms with E-state index >= 15 is 0 Å². The van der Waals surface area contributed by atoms with Gasteiger partial charge in [-0.1, -0.05) is 279 Å². The molecule has 0 unspecified atom stereocenters. The highest BCUT2D eigenvalue weighted by molar-refractivity contribution is 7.80. The van der Waals surface area contributed by atoms with Crippen molar-refractivity contribution >= 4 is 123 Å². The second kappa shape index (κ2) is 70.9. The van der Waals surface area contributed by atoms with Crippen LogP contribution in [0.15, 0.2) is 91.0 Å². The van der Waals surface area contributed by atoms with Crippen molar-refractivity contribution in [2.45, 2.75) is 346 Å². The first kappa shape index (κ1) is 138. The lowest BCUT2D eigenvalue weighted by molar-refractivity contribution is -0.148. The first-order valence-electron chi connectivity index (χ1n) is 51.6. The molecular formula is C111H189ClN10O21S3. The van der Waals surface area contributed by atoms with Crippen LogP contribution in [0, 0.1) is 70.5 Å². The van der Waals surface area contributed by atoms with Crippen LogP contribution >= 0.6 is 49.1 Å². The number of hydrogen-bond donors (Lipinski definition) is 7. The number of carboxylic acid groups (broad SMARTS) is 2. The highest BCUT2D eigenvalue weighted by atomic mass is 35.5. The molecule has 8 N–H and O–H groups in total. The van der Waals surface area contributed by atoms with E-state index in [-0.39, 0.29) is 182 Å². The van der Waals surface area contributed by atoms with Gasteiger partial charge in [0.05, 0.1) is 134 Å². The number of carbonyl (C=O) groups is 10. The van der Waals surface area contributed by atoms with Crippen molar-refractivity contribution in [2.75, 3.05) is 105 Å². The number of likely N-dealkylation sites (N-methyl/N-ethyl adjacent to an activating group) is 3. The number of nitrogens with one attached hydrogen (secondary N) is 4. The summed E-state index contributed by atoms with van der Waals surface area (Å²) in [5, 5.41) is 30.6. The molecule has 6 rings (SSSR count). The maximum Gasteiger partial charge on any atom is 0.328 e.